The van der Waals surface area contributed by atoms with Gasteiger partial charge in [0.1, 0.15) is 11.9 Å². The summed E-state index contributed by atoms with van der Waals surface area (Å²) in [6.07, 6.45) is 2.52. The minimum atomic E-state index is -3.57. The maximum absolute atomic E-state index is 13.7. The summed E-state index contributed by atoms with van der Waals surface area (Å²) in [6.45, 7) is 1.28. The summed E-state index contributed by atoms with van der Waals surface area (Å²) in [5, 5.41) is 0.0989. The van der Waals surface area contributed by atoms with Gasteiger partial charge in [-0.15, -0.1) is 0 Å². The summed E-state index contributed by atoms with van der Waals surface area (Å²) in [6, 6.07) is 10.9. The fourth-order valence-corrected chi connectivity index (χ4v) is 6.49. The minimum absolute atomic E-state index is 0.0424. The number of nitrogens with one attached hydrogen (secondary N) is 1. The van der Waals surface area contributed by atoms with E-state index in [2.05, 4.69) is 14.4 Å². The van der Waals surface area contributed by atoms with E-state index in [-0.39, 0.29) is 12.6 Å². The number of carbonyl (C=O) groups excluding carboxylic acids is 1. The maximum atomic E-state index is 13.7. The Kier molecular flexibility index (Phi) is 7.04. The van der Waals surface area contributed by atoms with Crippen molar-refractivity contribution in [2.75, 3.05) is 20.2 Å². The van der Waals surface area contributed by atoms with Gasteiger partial charge in [-0.2, -0.15) is 0 Å². The van der Waals surface area contributed by atoms with Crippen LogP contribution in [0.1, 0.15) is 41.7 Å². The van der Waals surface area contributed by atoms with Crippen molar-refractivity contribution in [3.63, 3.8) is 0 Å². The maximum Gasteiger partial charge on any atom is 0.339 e. The average molecular weight is 497 g/mol. The number of carbonyl (C=O) groups is 1. The van der Waals surface area contributed by atoms with Gasteiger partial charge in [0.15, 0.2) is 0 Å². The van der Waals surface area contributed by atoms with Crippen molar-refractivity contribution in [2.24, 2.45) is 0 Å². The highest BCUT2D eigenvalue weighted by atomic mass is 35.5. The van der Waals surface area contributed by atoms with Gasteiger partial charge in [-0.05, 0) is 24.3 Å². The molecular formula is C23H28ClFN3O4S+. The van der Waals surface area contributed by atoms with Gasteiger partial charge in [0.05, 0.1) is 49.3 Å². The lowest BCUT2D eigenvalue weighted by Gasteiger charge is -2.52. The van der Waals surface area contributed by atoms with E-state index in [0.717, 1.165) is 5.69 Å². The van der Waals surface area contributed by atoms with Gasteiger partial charge >= 0.3 is 5.97 Å². The molecule has 0 atom stereocenters. The standard InChI is InChI=1S/C23H28ClFN3O4S/c1-32-23(29)16-5-6-19(26-14-16)15-27-33(30,31)22-7-9-28(10-8-22,21-12-18(25)13-21)20-4-2-3-17(24)11-20/h2-6,11,14,18,21-22,27H,7-10,12-13,15H2,1H3/q+1. The van der Waals surface area contributed by atoms with Crippen molar-refractivity contribution in [1.82, 2.24) is 14.2 Å². The lowest BCUT2D eigenvalue weighted by Crippen LogP contribution is -2.66. The van der Waals surface area contributed by atoms with Crippen LogP contribution in [0, 0.1) is 0 Å². The quantitative estimate of drug-likeness (QED) is 0.467. The molecule has 4 rings (SSSR count). The van der Waals surface area contributed by atoms with Crippen LogP contribution in [0.5, 0.6) is 0 Å². The molecule has 1 aliphatic carbocycles. The van der Waals surface area contributed by atoms with Crippen molar-refractivity contribution in [3.8, 4) is 0 Å². The zero-order chi connectivity index (χ0) is 23.6. The fourth-order valence-electron chi connectivity index (χ4n) is 4.89. The molecule has 7 nitrogen and oxygen atoms in total. The molecule has 0 bridgehead atoms. The zero-order valence-corrected chi connectivity index (χ0v) is 20.0. The average Bonchev–Trinajstić information content (AvgIpc) is 2.80. The van der Waals surface area contributed by atoms with Crippen LogP contribution in [-0.2, 0) is 21.3 Å². The molecule has 178 valence electrons. The Morgan fingerprint density at radius 1 is 1.24 bits per heavy atom. The number of alkyl halides is 1. The number of pyridine rings is 1. The van der Waals surface area contributed by atoms with E-state index >= 15 is 0 Å². The fraction of sp³-hybridized carbons (Fsp3) is 0.478. The number of halogens is 2. The second-order valence-corrected chi connectivity index (χ2v) is 11.3. The molecule has 0 spiro atoms. The van der Waals surface area contributed by atoms with Gasteiger partial charge < -0.3 is 4.74 Å². The molecule has 2 aromatic rings. The highest BCUT2D eigenvalue weighted by molar-refractivity contribution is 7.90. The number of methoxy groups -OCH3 is 1. The number of likely N-dealkylation sites (tertiary alicyclic amines) is 1. The van der Waals surface area contributed by atoms with Gasteiger partial charge in [-0.25, -0.2) is 22.3 Å². The number of benzene rings is 1. The lowest BCUT2D eigenvalue weighted by atomic mass is 9.84. The van der Waals surface area contributed by atoms with Crippen molar-refractivity contribution >= 4 is 33.3 Å². The van der Waals surface area contributed by atoms with E-state index < -0.39 is 27.4 Å². The first-order valence-corrected chi connectivity index (χ1v) is 12.9. The first-order chi connectivity index (χ1) is 15.7. The van der Waals surface area contributed by atoms with Crippen LogP contribution >= 0.6 is 11.6 Å². The number of quaternary nitrogens is 1. The number of rotatable bonds is 7. The number of ether oxygens (including phenoxy) is 1. The second kappa shape index (κ2) is 9.66. The number of hydrogen-bond donors (Lipinski definition) is 1. The minimum Gasteiger partial charge on any atom is -0.465 e. The predicted molar refractivity (Wildman–Crippen MR) is 125 cm³/mol. The largest absolute Gasteiger partial charge is 0.465 e. The summed E-state index contributed by atoms with van der Waals surface area (Å²) in [4.78, 5) is 15.6. The first kappa shape index (κ1) is 24.1. The monoisotopic (exact) mass is 496 g/mol. The van der Waals surface area contributed by atoms with E-state index in [0.29, 0.717) is 59.5 Å². The molecule has 2 heterocycles. The molecule has 1 saturated heterocycles. The van der Waals surface area contributed by atoms with E-state index in [1.54, 1.807) is 12.1 Å². The Labute approximate surface area is 198 Å². The molecule has 0 unspecified atom stereocenters. The third-order valence-corrected chi connectivity index (χ3v) is 9.05. The Morgan fingerprint density at radius 2 is 1.97 bits per heavy atom. The van der Waals surface area contributed by atoms with Gasteiger partial charge in [-0.1, -0.05) is 17.7 Å². The third-order valence-electron chi connectivity index (χ3n) is 6.92. The first-order valence-electron chi connectivity index (χ1n) is 11.0. The second-order valence-electron chi connectivity index (χ2n) is 8.78. The van der Waals surface area contributed by atoms with Crippen molar-refractivity contribution in [1.29, 1.82) is 0 Å². The summed E-state index contributed by atoms with van der Waals surface area (Å²) in [5.74, 6) is -0.497. The molecule has 10 heteroatoms. The van der Waals surface area contributed by atoms with Gasteiger partial charge in [0.2, 0.25) is 10.0 Å². The highest BCUT2D eigenvalue weighted by Gasteiger charge is 2.50. The smallest absolute Gasteiger partial charge is 0.339 e. The molecule has 2 fully saturated rings. The summed E-state index contributed by atoms with van der Waals surface area (Å²) in [5.41, 5.74) is 1.84. The summed E-state index contributed by atoms with van der Waals surface area (Å²) < 4.78 is 47.6. The van der Waals surface area contributed by atoms with Gasteiger partial charge in [0.25, 0.3) is 0 Å². The van der Waals surface area contributed by atoms with Crippen LogP contribution in [0.3, 0.4) is 0 Å². The molecule has 33 heavy (non-hydrogen) atoms. The number of sulfonamides is 1. The molecule has 1 aromatic carbocycles. The van der Waals surface area contributed by atoms with Crippen molar-refractivity contribution < 1.29 is 22.3 Å². The van der Waals surface area contributed by atoms with Crippen molar-refractivity contribution in [2.45, 2.75) is 49.7 Å². The van der Waals surface area contributed by atoms with Crippen LogP contribution in [0.4, 0.5) is 10.1 Å². The SMILES string of the molecule is COC(=O)c1ccc(CNS(=O)(=O)C2CC[N+](c3cccc(Cl)c3)(C3CC(F)C3)CC2)nc1. The molecule has 0 radical (unpaired) electrons. The number of hydrogen-bond acceptors (Lipinski definition) is 5. The normalized spacial score (nSPS) is 27.5. The number of nitrogens with zero attached hydrogens (tertiary/aromatic N) is 2. The van der Waals surface area contributed by atoms with Crippen molar-refractivity contribution in [3.05, 3.63) is 58.9 Å². The van der Waals surface area contributed by atoms with Crippen LogP contribution in [-0.4, -0.2) is 57.0 Å². The van der Waals surface area contributed by atoms with Crippen LogP contribution in [0.25, 0.3) is 0 Å². The van der Waals surface area contributed by atoms with E-state index in [1.807, 2.05) is 24.3 Å². The zero-order valence-electron chi connectivity index (χ0n) is 18.4. The third kappa shape index (κ3) is 5.06. The molecule has 1 saturated carbocycles. The Hall–Kier alpha value is -2.07. The van der Waals surface area contributed by atoms with E-state index in [1.165, 1.54) is 13.3 Å². The van der Waals surface area contributed by atoms with Crippen LogP contribution < -0.4 is 9.21 Å². The Balaban J connectivity index is 1.42. The molecule has 1 N–H and O–H groups in total. The number of aromatic nitrogens is 1. The molecular weight excluding hydrogens is 469 g/mol. The van der Waals surface area contributed by atoms with Gasteiger partial charge in [0, 0.05) is 43.0 Å². The molecule has 1 aliphatic heterocycles. The highest BCUT2D eigenvalue weighted by Crippen LogP contribution is 2.42. The summed E-state index contributed by atoms with van der Waals surface area (Å²) in [7, 11) is -2.28. The topological polar surface area (TPSA) is 85.4 Å². The Bertz CT molecular complexity index is 1100. The Morgan fingerprint density at radius 3 is 2.55 bits per heavy atom. The lowest BCUT2D eigenvalue weighted by molar-refractivity contribution is 0.0463. The number of esters is 1. The molecule has 0 amide bonds. The van der Waals surface area contributed by atoms with Gasteiger partial charge in [-0.3, -0.25) is 9.47 Å². The van der Waals surface area contributed by atoms with E-state index in [4.69, 9.17) is 11.6 Å². The summed E-state index contributed by atoms with van der Waals surface area (Å²) >= 11 is 6.24. The predicted octanol–water partition coefficient (Wildman–Crippen LogP) is 3.61. The molecule has 2 aliphatic rings. The van der Waals surface area contributed by atoms with E-state index in [9.17, 15) is 17.6 Å². The van der Waals surface area contributed by atoms with Crippen LogP contribution in [0.15, 0.2) is 42.6 Å². The number of piperidine rings is 1. The molecule has 1 aromatic heterocycles. The van der Waals surface area contributed by atoms with Crippen LogP contribution in [0.2, 0.25) is 5.02 Å².